The van der Waals surface area contributed by atoms with E-state index in [1.54, 1.807) is 18.4 Å². The minimum Gasteiger partial charge on any atom is -1.00 e. The first kappa shape index (κ1) is 15.5. The summed E-state index contributed by atoms with van der Waals surface area (Å²) in [4.78, 5) is 4.59. The van der Waals surface area contributed by atoms with Gasteiger partial charge in [0.15, 0.2) is 5.13 Å². The number of halogens is 1. The molecule has 21 heavy (non-hydrogen) atoms. The molecule has 108 valence electrons. The number of aromatic nitrogens is 1. The van der Waals surface area contributed by atoms with Crippen LogP contribution in [0, 0.1) is 0 Å². The van der Waals surface area contributed by atoms with Crippen LogP contribution in [0.2, 0.25) is 0 Å². The Morgan fingerprint density at radius 3 is 2.38 bits per heavy atom. The molecule has 0 spiro atoms. The van der Waals surface area contributed by atoms with Crippen molar-refractivity contribution in [1.82, 2.24) is 4.98 Å². The Balaban J connectivity index is 0.00000161. The van der Waals surface area contributed by atoms with Crippen LogP contribution in [0.4, 0.5) is 10.8 Å². The quantitative estimate of drug-likeness (QED) is 0.765. The van der Waals surface area contributed by atoms with Crippen molar-refractivity contribution in [2.75, 3.05) is 12.4 Å². The Morgan fingerprint density at radius 2 is 1.71 bits per heavy atom. The fourth-order valence-electron chi connectivity index (χ4n) is 1.87. The second-order valence-electron chi connectivity index (χ2n) is 4.26. The zero-order valence-corrected chi connectivity index (χ0v) is 13.8. The number of thiazole rings is 1. The molecule has 0 aliphatic heterocycles. The Hall–Kier alpha value is -1.85. The molecular formula is C16H14BrN2OS-. The summed E-state index contributed by atoms with van der Waals surface area (Å²) in [5.41, 5.74) is 3.12. The highest BCUT2D eigenvalue weighted by molar-refractivity contribution is 7.14. The molecule has 3 nitrogen and oxygen atoms in total. The Bertz CT molecular complexity index is 683. The minimum absolute atomic E-state index is 0. The average molecular weight is 362 g/mol. The van der Waals surface area contributed by atoms with Gasteiger partial charge in [-0.05, 0) is 24.3 Å². The van der Waals surface area contributed by atoms with Crippen LogP contribution >= 0.6 is 11.3 Å². The van der Waals surface area contributed by atoms with Crippen LogP contribution in [0.15, 0.2) is 60.0 Å². The molecule has 0 aliphatic rings. The smallest absolute Gasteiger partial charge is 0.187 e. The van der Waals surface area contributed by atoms with Crippen LogP contribution in [0.25, 0.3) is 11.3 Å². The first-order chi connectivity index (χ1) is 9.85. The van der Waals surface area contributed by atoms with Gasteiger partial charge in [0, 0.05) is 16.6 Å². The third-order valence-electron chi connectivity index (χ3n) is 2.92. The summed E-state index contributed by atoms with van der Waals surface area (Å²) in [6, 6.07) is 18.0. The van der Waals surface area contributed by atoms with E-state index in [9.17, 15) is 0 Å². The van der Waals surface area contributed by atoms with Gasteiger partial charge in [-0.3, -0.25) is 0 Å². The standard InChI is InChI=1S/C16H14N2OS.BrH/c1-19-14-9-7-13(8-10-14)17-16-18-15(11-20-16)12-5-3-2-4-6-12;/h2-11H,1H3,(H,17,18);1H/p-1. The van der Waals surface area contributed by atoms with Gasteiger partial charge >= 0.3 is 0 Å². The van der Waals surface area contributed by atoms with Gasteiger partial charge in [-0.25, -0.2) is 4.98 Å². The van der Waals surface area contributed by atoms with Crippen molar-refractivity contribution in [3.63, 3.8) is 0 Å². The van der Waals surface area contributed by atoms with Crippen molar-refractivity contribution in [3.05, 3.63) is 60.0 Å². The molecule has 3 aromatic rings. The minimum atomic E-state index is 0. The van der Waals surface area contributed by atoms with Crippen molar-refractivity contribution >= 4 is 22.2 Å². The number of benzene rings is 2. The Kier molecular flexibility index (Phi) is 5.36. The van der Waals surface area contributed by atoms with E-state index in [0.717, 1.165) is 27.8 Å². The van der Waals surface area contributed by atoms with Gasteiger partial charge in [-0.1, -0.05) is 30.3 Å². The molecule has 1 heterocycles. The van der Waals surface area contributed by atoms with Crippen LogP contribution < -0.4 is 27.0 Å². The summed E-state index contributed by atoms with van der Waals surface area (Å²) in [6.07, 6.45) is 0. The van der Waals surface area contributed by atoms with E-state index in [4.69, 9.17) is 4.74 Å². The predicted octanol–water partition coefficient (Wildman–Crippen LogP) is 1.57. The van der Waals surface area contributed by atoms with E-state index < -0.39 is 0 Å². The number of hydrogen-bond donors (Lipinski definition) is 1. The van der Waals surface area contributed by atoms with E-state index >= 15 is 0 Å². The molecule has 3 rings (SSSR count). The molecule has 0 aliphatic carbocycles. The van der Waals surface area contributed by atoms with Crippen LogP contribution in [0.1, 0.15) is 0 Å². The highest BCUT2D eigenvalue weighted by atomic mass is 79.9. The predicted molar refractivity (Wildman–Crippen MR) is 83.8 cm³/mol. The highest BCUT2D eigenvalue weighted by Gasteiger charge is 2.04. The molecule has 0 amide bonds. The largest absolute Gasteiger partial charge is 1.00 e. The molecule has 5 heteroatoms. The Labute approximate surface area is 138 Å². The van der Waals surface area contributed by atoms with Crippen LogP contribution in [0.5, 0.6) is 5.75 Å². The zero-order chi connectivity index (χ0) is 13.8. The lowest BCUT2D eigenvalue weighted by Crippen LogP contribution is -3.00. The fraction of sp³-hybridized carbons (Fsp3) is 0.0625. The van der Waals surface area contributed by atoms with Crippen molar-refractivity contribution in [1.29, 1.82) is 0 Å². The maximum absolute atomic E-state index is 5.14. The maximum Gasteiger partial charge on any atom is 0.187 e. The number of hydrogen-bond acceptors (Lipinski definition) is 4. The van der Waals surface area contributed by atoms with E-state index in [1.807, 2.05) is 42.5 Å². The summed E-state index contributed by atoms with van der Waals surface area (Å²) in [6.45, 7) is 0. The van der Waals surface area contributed by atoms with E-state index in [1.165, 1.54) is 0 Å². The van der Waals surface area contributed by atoms with Crippen molar-refractivity contribution < 1.29 is 21.7 Å². The summed E-state index contributed by atoms with van der Waals surface area (Å²) in [5, 5.41) is 6.24. The van der Waals surface area contributed by atoms with Gasteiger partial charge in [0.2, 0.25) is 0 Å². The molecule has 0 bridgehead atoms. The molecule has 0 atom stereocenters. The molecule has 2 aromatic carbocycles. The zero-order valence-electron chi connectivity index (χ0n) is 11.4. The molecule has 0 saturated carbocycles. The molecule has 1 N–H and O–H groups in total. The second-order valence-corrected chi connectivity index (χ2v) is 5.12. The Morgan fingerprint density at radius 1 is 1.00 bits per heavy atom. The van der Waals surface area contributed by atoms with Gasteiger partial charge in [0.05, 0.1) is 12.8 Å². The summed E-state index contributed by atoms with van der Waals surface area (Å²) in [7, 11) is 1.66. The lowest BCUT2D eigenvalue weighted by Gasteiger charge is -2.03. The number of nitrogens with zero attached hydrogens (tertiary/aromatic N) is 1. The van der Waals surface area contributed by atoms with Gasteiger partial charge in [0.25, 0.3) is 0 Å². The molecule has 0 unspecified atom stereocenters. The lowest BCUT2D eigenvalue weighted by molar-refractivity contribution is -0.00000424. The van der Waals surface area contributed by atoms with Gasteiger partial charge in [0.1, 0.15) is 5.75 Å². The summed E-state index contributed by atoms with van der Waals surface area (Å²) < 4.78 is 5.14. The SMILES string of the molecule is COc1ccc(Nc2nc(-c3ccccc3)cs2)cc1.[Br-]. The van der Waals surface area contributed by atoms with E-state index in [0.29, 0.717) is 0 Å². The van der Waals surface area contributed by atoms with E-state index in [2.05, 4.69) is 27.8 Å². The monoisotopic (exact) mass is 361 g/mol. The third-order valence-corrected chi connectivity index (χ3v) is 3.67. The van der Waals surface area contributed by atoms with Crippen molar-refractivity contribution in [3.8, 4) is 17.0 Å². The third kappa shape index (κ3) is 3.83. The van der Waals surface area contributed by atoms with Crippen molar-refractivity contribution in [2.45, 2.75) is 0 Å². The maximum atomic E-state index is 5.14. The average Bonchev–Trinajstić information content (AvgIpc) is 2.97. The molecule has 1 aromatic heterocycles. The first-order valence-corrected chi connectivity index (χ1v) is 7.15. The number of methoxy groups -OCH3 is 1. The molecule has 0 fully saturated rings. The van der Waals surface area contributed by atoms with Gasteiger partial charge < -0.3 is 27.0 Å². The van der Waals surface area contributed by atoms with Crippen molar-refractivity contribution in [2.24, 2.45) is 0 Å². The number of ether oxygens (including phenoxy) is 1. The second kappa shape index (κ2) is 7.24. The topological polar surface area (TPSA) is 34.1 Å². The number of anilines is 2. The van der Waals surface area contributed by atoms with Gasteiger partial charge in [-0.15, -0.1) is 11.3 Å². The van der Waals surface area contributed by atoms with E-state index in [-0.39, 0.29) is 17.0 Å². The molecule has 0 radical (unpaired) electrons. The van der Waals surface area contributed by atoms with Crippen LogP contribution in [-0.4, -0.2) is 12.1 Å². The number of nitrogens with one attached hydrogen (secondary N) is 1. The molecular weight excluding hydrogens is 348 g/mol. The highest BCUT2D eigenvalue weighted by Crippen LogP contribution is 2.27. The normalized spacial score (nSPS) is 9.76. The van der Waals surface area contributed by atoms with Crippen LogP contribution in [-0.2, 0) is 0 Å². The first-order valence-electron chi connectivity index (χ1n) is 6.27. The molecule has 0 saturated heterocycles. The summed E-state index contributed by atoms with van der Waals surface area (Å²) in [5.74, 6) is 0.847. The summed E-state index contributed by atoms with van der Waals surface area (Å²) >= 11 is 1.60. The lowest BCUT2D eigenvalue weighted by atomic mass is 10.2. The van der Waals surface area contributed by atoms with Crippen LogP contribution in [0.3, 0.4) is 0 Å². The number of rotatable bonds is 4. The fourth-order valence-corrected chi connectivity index (χ4v) is 2.61. The van der Waals surface area contributed by atoms with Gasteiger partial charge in [-0.2, -0.15) is 0 Å².